The third-order valence-electron chi connectivity index (χ3n) is 3.68. The zero-order valence-electron chi connectivity index (χ0n) is 10.3. The van der Waals surface area contributed by atoms with Crippen LogP contribution in [0, 0.1) is 5.41 Å². The van der Waals surface area contributed by atoms with Crippen molar-refractivity contribution >= 4 is 21.7 Å². The summed E-state index contributed by atoms with van der Waals surface area (Å²) in [5.74, 6) is 1.02. The molecule has 1 aromatic carbocycles. The fourth-order valence-electron chi connectivity index (χ4n) is 2.51. The minimum atomic E-state index is -0.170. The van der Waals surface area contributed by atoms with Crippen LogP contribution in [0.25, 0.3) is 0 Å². The molecule has 1 aliphatic carbocycles. The van der Waals surface area contributed by atoms with Crippen molar-refractivity contribution in [3.8, 4) is 5.75 Å². The van der Waals surface area contributed by atoms with Gasteiger partial charge < -0.3 is 4.74 Å². The highest BCUT2D eigenvalue weighted by Gasteiger charge is 2.37. The van der Waals surface area contributed by atoms with Gasteiger partial charge in [-0.3, -0.25) is 4.79 Å². The van der Waals surface area contributed by atoms with E-state index in [9.17, 15) is 4.79 Å². The Kier molecular flexibility index (Phi) is 3.57. The lowest BCUT2D eigenvalue weighted by Crippen LogP contribution is -2.24. The van der Waals surface area contributed by atoms with Crippen molar-refractivity contribution in [2.75, 3.05) is 7.11 Å². The number of Topliss-reactive ketones (excluding diaryl/α,β-unsaturated/α-hetero) is 1. The fraction of sp³-hybridized carbons (Fsp3) is 0.500. The molecule has 17 heavy (non-hydrogen) atoms. The molecule has 0 aromatic heterocycles. The average Bonchev–Trinajstić information content (AvgIpc) is 2.76. The molecule has 2 nitrogen and oxygen atoms in total. The second-order valence-corrected chi connectivity index (χ2v) is 5.80. The SMILES string of the molecule is COc1ccc(C(=O)C2(C)CCCC2)c(Br)c1. The van der Waals surface area contributed by atoms with E-state index in [2.05, 4.69) is 22.9 Å². The van der Waals surface area contributed by atoms with E-state index in [1.54, 1.807) is 7.11 Å². The number of carbonyl (C=O) groups is 1. The molecule has 1 aliphatic rings. The third-order valence-corrected chi connectivity index (χ3v) is 4.33. The number of hydrogen-bond donors (Lipinski definition) is 0. The molecule has 3 heteroatoms. The molecule has 0 amide bonds. The first kappa shape index (κ1) is 12.6. The maximum absolute atomic E-state index is 12.5. The number of benzene rings is 1. The summed E-state index contributed by atoms with van der Waals surface area (Å²) in [6.07, 6.45) is 4.33. The Bertz CT molecular complexity index is 434. The maximum Gasteiger partial charge on any atom is 0.169 e. The minimum Gasteiger partial charge on any atom is -0.497 e. The van der Waals surface area contributed by atoms with E-state index in [-0.39, 0.29) is 11.2 Å². The largest absolute Gasteiger partial charge is 0.497 e. The van der Waals surface area contributed by atoms with Crippen LogP contribution in [-0.4, -0.2) is 12.9 Å². The van der Waals surface area contributed by atoms with Crippen LogP contribution >= 0.6 is 15.9 Å². The Labute approximate surface area is 110 Å². The van der Waals surface area contributed by atoms with E-state index in [0.29, 0.717) is 0 Å². The Morgan fingerprint density at radius 2 is 2.00 bits per heavy atom. The Morgan fingerprint density at radius 1 is 1.35 bits per heavy atom. The summed E-state index contributed by atoms with van der Waals surface area (Å²) in [6, 6.07) is 5.55. The van der Waals surface area contributed by atoms with E-state index in [1.807, 2.05) is 18.2 Å². The fourth-order valence-corrected chi connectivity index (χ4v) is 3.05. The predicted molar refractivity (Wildman–Crippen MR) is 71.6 cm³/mol. The second-order valence-electron chi connectivity index (χ2n) is 4.94. The Hall–Kier alpha value is -0.830. The molecule has 0 aliphatic heterocycles. The zero-order chi connectivity index (χ0) is 12.5. The highest BCUT2D eigenvalue weighted by Crippen LogP contribution is 2.41. The van der Waals surface area contributed by atoms with Crippen LogP contribution in [-0.2, 0) is 0 Å². The van der Waals surface area contributed by atoms with Crippen molar-refractivity contribution in [1.29, 1.82) is 0 Å². The predicted octanol–water partition coefficient (Wildman–Crippen LogP) is 4.22. The van der Waals surface area contributed by atoms with Gasteiger partial charge in [0.1, 0.15) is 5.75 Å². The minimum absolute atomic E-state index is 0.170. The van der Waals surface area contributed by atoms with Crippen LogP contribution < -0.4 is 4.74 Å². The van der Waals surface area contributed by atoms with Gasteiger partial charge in [0, 0.05) is 15.5 Å². The van der Waals surface area contributed by atoms with Gasteiger partial charge in [0.15, 0.2) is 5.78 Å². The van der Waals surface area contributed by atoms with E-state index < -0.39 is 0 Å². The molecule has 2 rings (SSSR count). The van der Waals surface area contributed by atoms with Gasteiger partial charge in [-0.05, 0) is 47.0 Å². The average molecular weight is 297 g/mol. The number of methoxy groups -OCH3 is 1. The standard InChI is InChI=1S/C14H17BrO2/c1-14(7-3-4-8-14)13(16)11-6-5-10(17-2)9-12(11)15/h5-6,9H,3-4,7-8H2,1-2H3. The molecule has 0 heterocycles. The number of ether oxygens (including phenoxy) is 1. The summed E-state index contributed by atoms with van der Waals surface area (Å²) in [6.45, 7) is 2.08. The summed E-state index contributed by atoms with van der Waals surface area (Å²) < 4.78 is 5.97. The van der Waals surface area contributed by atoms with Crippen molar-refractivity contribution in [2.45, 2.75) is 32.6 Å². The summed E-state index contributed by atoms with van der Waals surface area (Å²) in [5, 5.41) is 0. The molecule has 92 valence electrons. The van der Waals surface area contributed by atoms with Crippen LogP contribution in [0.15, 0.2) is 22.7 Å². The molecule has 1 aromatic rings. The normalized spacial score (nSPS) is 18.1. The van der Waals surface area contributed by atoms with Gasteiger partial charge in [-0.2, -0.15) is 0 Å². The van der Waals surface area contributed by atoms with Crippen LogP contribution in [0.2, 0.25) is 0 Å². The van der Waals surface area contributed by atoms with E-state index in [4.69, 9.17) is 4.74 Å². The molecule has 0 unspecified atom stereocenters. The van der Waals surface area contributed by atoms with Crippen molar-refractivity contribution in [3.63, 3.8) is 0 Å². The van der Waals surface area contributed by atoms with Crippen LogP contribution in [0.4, 0.5) is 0 Å². The van der Waals surface area contributed by atoms with Gasteiger partial charge in [0.2, 0.25) is 0 Å². The van der Waals surface area contributed by atoms with E-state index in [1.165, 1.54) is 0 Å². The molecule has 0 bridgehead atoms. The van der Waals surface area contributed by atoms with Crippen LogP contribution in [0.3, 0.4) is 0 Å². The second kappa shape index (κ2) is 4.81. The first-order chi connectivity index (χ1) is 8.07. The number of hydrogen-bond acceptors (Lipinski definition) is 2. The Morgan fingerprint density at radius 3 is 2.53 bits per heavy atom. The lowest BCUT2D eigenvalue weighted by atomic mass is 9.81. The maximum atomic E-state index is 12.5. The Balaban J connectivity index is 2.31. The summed E-state index contributed by atoms with van der Waals surface area (Å²) in [7, 11) is 1.63. The molecular formula is C14H17BrO2. The quantitative estimate of drug-likeness (QED) is 0.781. The molecule has 0 atom stereocenters. The highest BCUT2D eigenvalue weighted by molar-refractivity contribution is 9.10. The van der Waals surface area contributed by atoms with Gasteiger partial charge in [-0.15, -0.1) is 0 Å². The number of halogens is 1. The van der Waals surface area contributed by atoms with Crippen molar-refractivity contribution in [1.82, 2.24) is 0 Å². The number of carbonyl (C=O) groups excluding carboxylic acids is 1. The van der Waals surface area contributed by atoms with Crippen LogP contribution in [0.5, 0.6) is 5.75 Å². The number of ketones is 1. The topological polar surface area (TPSA) is 26.3 Å². The monoisotopic (exact) mass is 296 g/mol. The molecule has 1 fully saturated rings. The molecule has 0 saturated heterocycles. The smallest absolute Gasteiger partial charge is 0.169 e. The van der Waals surface area contributed by atoms with Gasteiger partial charge in [-0.1, -0.05) is 19.8 Å². The first-order valence-corrected chi connectivity index (χ1v) is 6.74. The summed E-state index contributed by atoms with van der Waals surface area (Å²) in [4.78, 5) is 12.5. The number of rotatable bonds is 3. The van der Waals surface area contributed by atoms with Gasteiger partial charge in [0.25, 0.3) is 0 Å². The van der Waals surface area contributed by atoms with Crippen molar-refractivity contribution in [3.05, 3.63) is 28.2 Å². The lowest BCUT2D eigenvalue weighted by Gasteiger charge is -2.22. The summed E-state index contributed by atoms with van der Waals surface area (Å²) >= 11 is 3.46. The summed E-state index contributed by atoms with van der Waals surface area (Å²) in [5.41, 5.74) is 0.604. The van der Waals surface area contributed by atoms with Crippen molar-refractivity contribution in [2.24, 2.45) is 5.41 Å². The first-order valence-electron chi connectivity index (χ1n) is 5.95. The van der Waals surface area contributed by atoms with Crippen LogP contribution in [0.1, 0.15) is 43.0 Å². The third kappa shape index (κ3) is 2.39. The molecule has 0 spiro atoms. The molecular weight excluding hydrogens is 280 g/mol. The van der Waals surface area contributed by atoms with E-state index in [0.717, 1.165) is 41.5 Å². The highest BCUT2D eigenvalue weighted by atomic mass is 79.9. The molecule has 1 saturated carbocycles. The van der Waals surface area contributed by atoms with Gasteiger partial charge in [0.05, 0.1) is 7.11 Å². The van der Waals surface area contributed by atoms with Gasteiger partial charge >= 0.3 is 0 Å². The molecule has 0 radical (unpaired) electrons. The lowest BCUT2D eigenvalue weighted by molar-refractivity contribution is 0.0822. The molecule has 0 N–H and O–H groups in total. The van der Waals surface area contributed by atoms with E-state index >= 15 is 0 Å². The van der Waals surface area contributed by atoms with Gasteiger partial charge in [-0.25, -0.2) is 0 Å². The van der Waals surface area contributed by atoms with Crippen molar-refractivity contribution < 1.29 is 9.53 Å². The zero-order valence-corrected chi connectivity index (χ0v) is 11.8.